The molecule has 0 N–H and O–H groups in total. The largest absolute Gasteiger partial charge is 0.497 e. The molecule has 3 heterocycles. The maximum atomic E-state index is 12.6. The average Bonchev–Trinajstić information content (AvgIpc) is 3.19. The van der Waals surface area contributed by atoms with Crippen LogP contribution in [0.25, 0.3) is 17.0 Å². The van der Waals surface area contributed by atoms with Crippen molar-refractivity contribution < 1.29 is 19.0 Å². The van der Waals surface area contributed by atoms with E-state index in [2.05, 4.69) is 9.89 Å². The lowest BCUT2D eigenvalue weighted by Gasteiger charge is -2.29. The maximum Gasteiger partial charge on any atom is 0.363 e. The van der Waals surface area contributed by atoms with Crippen LogP contribution >= 0.6 is 11.6 Å². The number of pyridine rings is 1. The van der Waals surface area contributed by atoms with Gasteiger partial charge in [0.25, 0.3) is 0 Å². The second-order valence-electron chi connectivity index (χ2n) is 7.40. The Morgan fingerprint density at radius 1 is 1.09 bits per heavy atom. The summed E-state index contributed by atoms with van der Waals surface area (Å²) in [5.41, 5.74) is 2.51. The molecule has 0 spiro atoms. The molecule has 8 heteroatoms. The van der Waals surface area contributed by atoms with E-state index in [1.807, 2.05) is 24.3 Å². The summed E-state index contributed by atoms with van der Waals surface area (Å²) in [6.45, 7) is 2.66. The van der Waals surface area contributed by atoms with Crippen molar-refractivity contribution in [2.75, 3.05) is 38.3 Å². The van der Waals surface area contributed by atoms with Crippen LogP contribution in [0.2, 0.25) is 5.02 Å². The Morgan fingerprint density at radius 2 is 1.88 bits per heavy atom. The third-order valence-electron chi connectivity index (χ3n) is 5.35. The molecule has 0 radical (unpaired) electrons. The van der Waals surface area contributed by atoms with Gasteiger partial charge in [-0.3, -0.25) is 0 Å². The first-order valence-corrected chi connectivity index (χ1v) is 10.6. The summed E-state index contributed by atoms with van der Waals surface area (Å²) in [6.07, 6.45) is 1.73. The van der Waals surface area contributed by atoms with Crippen molar-refractivity contribution in [1.82, 2.24) is 4.98 Å². The number of benzene rings is 2. The van der Waals surface area contributed by atoms with Crippen LogP contribution in [0.1, 0.15) is 11.1 Å². The van der Waals surface area contributed by atoms with Crippen LogP contribution in [0.15, 0.2) is 59.2 Å². The first-order chi connectivity index (χ1) is 15.6. The number of aliphatic imine (C=N–C) groups is 1. The SMILES string of the molecule is COc1ccc2cc(/C=C3\N=C(c4ccc(Cl)cc4)OC3=O)c(N3CCOCC3)nc2c1. The van der Waals surface area contributed by atoms with E-state index in [4.69, 9.17) is 30.8 Å². The number of nitrogens with zero attached hydrogens (tertiary/aromatic N) is 3. The lowest BCUT2D eigenvalue weighted by atomic mass is 10.1. The second-order valence-corrected chi connectivity index (χ2v) is 7.84. The van der Waals surface area contributed by atoms with E-state index in [0.29, 0.717) is 36.9 Å². The molecule has 162 valence electrons. The molecule has 1 fully saturated rings. The van der Waals surface area contributed by atoms with Gasteiger partial charge in [-0.25, -0.2) is 14.8 Å². The highest BCUT2D eigenvalue weighted by molar-refractivity contribution is 6.30. The van der Waals surface area contributed by atoms with Crippen LogP contribution in [0, 0.1) is 0 Å². The number of morpholine rings is 1. The van der Waals surface area contributed by atoms with Gasteiger partial charge in [0, 0.05) is 40.7 Å². The lowest BCUT2D eigenvalue weighted by Crippen LogP contribution is -2.37. The number of anilines is 1. The van der Waals surface area contributed by atoms with E-state index in [-0.39, 0.29) is 11.6 Å². The van der Waals surface area contributed by atoms with Gasteiger partial charge in [0.2, 0.25) is 5.90 Å². The maximum absolute atomic E-state index is 12.6. The topological polar surface area (TPSA) is 73.2 Å². The summed E-state index contributed by atoms with van der Waals surface area (Å²) in [4.78, 5) is 24.0. The fourth-order valence-electron chi connectivity index (χ4n) is 3.69. The molecule has 1 saturated heterocycles. The van der Waals surface area contributed by atoms with Crippen LogP contribution in [0.3, 0.4) is 0 Å². The molecule has 0 unspecified atom stereocenters. The quantitative estimate of drug-likeness (QED) is 0.441. The number of methoxy groups -OCH3 is 1. The Kier molecular flexibility index (Phi) is 5.51. The van der Waals surface area contributed by atoms with Gasteiger partial charge in [0.1, 0.15) is 11.6 Å². The third-order valence-corrected chi connectivity index (χ3v) is 5.60. The first-order valence-electron chi connectivity index (χ1n) is 10.2. The Bertz CT molecular complexity index is 1250. The Labute approximate surface area is 189 Å². The van der Waals surface area contributed by atoms with Gasteiger partial charge in [-0.15, -0.1) is 0 Å². The predicted octanol–water partition coefficient (Wildman–Crippen LogP) is 4.08. The van der Waals surface area contributed by atoms with Gasteiger partial charge in [-0.05, 0) is 48.5 Å². The Balaban J connectivity index is 1.59. The van der Waals surface area contributed by atoms with Crippen LogP contribution in [-0.2, 0) is 14.3 Å². The van der Waals surface area contributed by atoms with E-state index >= 15 is 0 Å². The number of carbonyl (C=O) groups excluding carboxylic acids is 1. The number of hydrogen-bond acceptors (Lipinski definition) is 7. The summed E-state index contributed by atoms with van der Waals surface area (Å²) in [5.74, 6) is 1.26. The zero-order chi connectivity index (χ0) is 22.1. The smallest absolute Gasteiger partial charge is 0.363 e. The Hall–Kier alpha value is -3.42. The fraction of sp³-hybridized carbons (Fsp3) is 0.208. The molecule has 3 aromatic rings. The molecular formula is C24H20ClN3O4. The average molecular weight is 450 g/mol. The van der Waals surface area contributed by atoms with Gasteiger partial charge >= 0.3 is 5.97 Å². The number of ether oxygens (including phenoxy) is 3. The highest BCUT2D eigenvalue weighted by Crippen LogP contribution is 2.30. The number of rotatable bonds is 4. The van der Waals surface area contributed by atoms with E-state index in [9.17, 15) is 4.79 Å². The standard InChI is InChI=1S/C24H20ClN3O4/c1-30-19-7-4-16-12-17(22(26-20(16)14-19)28-8-10-31-11-9-28)13-21-24(29)32-23(27-21)15-2-5-18(25)6-3-15/h2-7,12-14H,8-11H2,1H3/b21-13-. The van der Waals surface area contributed by atoms with Gasteiger partial charge in [-0.2, -0.15) is 0 Å². The van der Waals surface area contributed by atoms with Crippen LogP contribution in [0.5, 0.6) is 5.75 Å². The summed E-state index contributed by atoms with van der Waals surface area (Å²) in [6, 6.07) is 14.7. The lowest BCUT2D eigenvalue weighted by molar-refractivity contribution is -0.129. The van der Waals surface area contributed by atoms with Crippen LogP contribution in [-0.4, -0.2) is 50.3 Å². The van der Waals surface area contributed by atoms with Crippen LogP contribution in [0.4, 0.5) is 5.82 Å². The summed E-state index contributed by atoms with van der Waals surface area (Å²) < 4.78 is 16.2. The van der Waals surface area contributed by atoms with Crippen molar-refractivity contribution in [3.63, 3.8) is 0 Å². The second kappa shape index (κ2) is 8.61. The summed E-state index contributed by atoms with van der Waals surface area (Å²) >= 11 is 5.95. The molecular weight excluding hydrogens is 430 g/mol. The van der Waals surface area contributed by atoms with E-state index in [1.54, 1.807) is 37.5 Å². The molecule has 0 amide bonds. The molecule has 5 rings (SSSR count). The molecule has 0 saturated carbocycles. The summed E-state index contributed by atoms with van der Waals surface area (Å²) in [5, 5.41) is 1.53. The number of hydrogen-bond donors (Lipinski definition) is 0. The van der Waals surface area contributed by atoms with Gasteiger partial charge < -0.3 is 19.1 Å². The van der Waals surface area contributed by atoms with Gasteiger partial charge in [0.15, 0.2) is 5.70 Å². The van der Waals surface area contributed by atoms with Crippen molar-refractivity contribution in [3.8, 4) is 5.75 Å². The number of halogens is 1. The minimum absolute atomic E-state index is 0.221. The molecule has 0 bridgehead atoms. The van der Waals surface area contributed by atoms with E-state index < -0.39 is 5.97 Å². The molecule has 32 heavy (non-hydrogen) atoms. The minimum atomic E-state index is -0.502. The van der Waals surface area contributed by atoms with Gasteiger partial charge in [0.05, 0.1) is 25.8 Å². The molecule has 2 aliphatic heterocycles. The van der Waals surface area contributed by atoms with Crippen molar-refractivity contribution in [1.29, 1.82) is 0 Å². The molecule has 2 aliphatic rings. The Morgan fingerprint density at radius 3 is 2.62 bits per heavy atom. The van der Waals surface area contributed by atoms with Crippen molar-refractivity contribution in [2.24, 2.45) is 4.99 Å². The molecule has 0 aliphatic carbocycles. The molecule has 0 atom stereocenters. The van der Waals surface area contributed by atoms with Crippen molar-refractivity contribution in [3.05, 3.63) is 70.4 Å². The predicted molar refractivity (Wildman–Crippen MR) is 123 cm³/mol. The molecule has 1 aromatic heterocycles. The van der Waals surface area contributed by atoms with Crippen molar-refractivity contribution >= 4 is 46.3 Å². The zero-order valence-corrected chi connectivity index (χ0v) is 18.1. The van der Waals surface area contributed by atoms with E-state index in [0.717, 1.165) is 28.0 Å². The number of fused-ring (bicyclic) bond motifs is 1. The number of carbonyl (C=O) groups is 1. The van der Waals surface area contributed by atoms with Crippen LogP contribution < -0.4 is 9.64 Å². The molecule has 2 aromatic carbocycles. The van der Waals surface area contributed by atoms with Crippen molar-refractivity contribution in [2.45, 2.75) is 0 Å². The summed E-state index contributed by atoms with van der Waals surface area (Å²) in [7, 11) is 1.63. The number of esters is 1. The van der Waals surface area contributed by atoms with Gasteiger partial charge in [-0.1, -0.05) is 11.6 Å². The monoisotopic (exact) mass is 449 g/mol. The zero-order valence-electron chi connectivity index (χ0n) is 17.4. The highest BCUT2D eigenvalue weighted by Gasteiger charge is 2.25. The number of cyclic esters (lactones) is 1. The first kappa shape index (κ1) is 20.5. The fourth-order valence-corrected chi connectivity index (χ4v) is 3.81. The number of aromatic nitrogens is 1. The molecule has 7 nitrogen and oxygen atoms in total. The third kappa shape index (κ3) is 4.04. The van der Waals surface area contributed by atoms with E-state index in [1.165, 1.54) is 0 Å². The highest BCUT2D eigenvalue weighted by atomic mass is 35.5. The normalized spacial score (nSPS) is 17.6. The minimum Gasteiger partial charge on any atom is -0.497 e.